The molecule has 12 heavy (non-hydrogen) atoms. The molecule has 1 N–H and O–H groups in total. The van der Waals surface area contributed by atoms with Crippen LogP contribution in [-0.4, -0.2) is 26.2 Å². The van der Waals surface area contributed by atoms with E-state index in [1.54, 1.807) is 0 Å². The highest BCUT2D eigenvalue weighted by Gasteiger charge is 2.05. The number of aliphatic hydroxyl groups excluding tert-OH is 1. The molecule has 0 amide bonds. The Kier molecular flexibility index (Phi) is 3.60. The lowest BCUT2D eigenvalue weighted by Crippen LogP contribution is -2.12. The average molecular weight is 167 g/mol. The van der Waals surface area contributed by atoms with Crippen molar-refractivity contribution in [3.63, 3.8) is 0 Å². The first-order valence-corrected chi connectivity index (χ1v) is 4.12. The lowest BCUT2D eigenvalue weighted by atomic mass is 10.1. The van der Waals surface area contributed by atoms with Crippen LogP contribution in [0.1, 0.15) is 25.6 Å². The Hall–Kier alpha value is -1.03. The average Bonchev–Trinajstić information content (AvgIpc) is 2.06. The third kappa shape index (κ3) is 2.92. The highest BCUT2D eigenvalue weighted by atomic mass is 16.3. The van der Waals surface area contributed by atoms with E-state index < -0.39 is 0 Å². The third-order valence-electron chi connectivity index (χ3n) is 1.59. The van der Waals surface area contributed by atoms with Gasteiger partial charge in [-0.05, 0) is 6.42 Å². The predicted molar refractivity (Wildman–Crippen MR) is 44.4 cm³/mol. The van der Waals surface area contributed by atoms with Crippen molar-refractivity contribution in [2.45, 2.75) is 32.3 Å². The molecule has 1 atom stereocenters. The molecule has 0 aliphatic rings. The highest BCUT2D eigenvalue weighted by Crippen LogP contribution is 2.01. The van der Waals surface area contributed by atoms with Gasteiger partial charge in [0, 0.05) is 6.42 Å². The maximum absolute atomic E-state index is 9.40. The molecule has 1 aromatic heterocycles. The van der Waals surface area contributed by atoms with Crippen LogP contribution in [0.4, 0.5) is 0 Å². The second kappa shape index (κ2) is 4.77. The van der Waals surface area contributed by atoms with Gasteiger partial charge in [0.2, 0.25) is 0 Å². The standard InChI is InChI=1S/C8H13N3O/c1-2-3-7(12)4-8-10-5-9-6-11-8/h5-7,12H,2-4H2,1H3. The molecule has 0 spiro atoms. The summed E-state index contributed by atoms with van der Waals surface area (Å²) in [6.07, 6.45) is 4.87. The Morgan fingerprint density at radius 1 is 1.42 bits per heavy atom. The van der Waals surface area contributed by atoms with E-state index >= 15 is 0 Å². The van der Waals surface area contributed by atoms with Gasteiger partial charge >= 0.3 is 0 Å². The fourth-order valence-electron chi connectivity index (χ4n) is 1.01. The molecular formula is C8H13N3O. The normalized spacial score (nSPS) is 12.8. The first kappa shape index (κ1) is 9.06. The van der Waals surface area contributed by atoms with Crippen LogP contribution in [0.3, 0.4) is 0 Å². The number of rotatable bonds is 4. The maximum atomic E-state index is 9.40. The summed E-state index contributed by atoms with van der Waals surface area (Å²) in [6, 6.07) is 0. The SMILES string of the molecule is CCCC(O)Cc1ncncn1. The number of aliphatic hydroxyl groups is 1. The van der Waals surface area contributed by atoms with Gasteiger partial charge in [-0.2, -0.15) is 0 Å². The first-order valence-electron chi connectivity index (χ1n) is 4.12. The minimum Gasteiger partial charge on any atom is -0.393 e. The van der Waals surface area contributed by atoms with Crippen LogP contribution < -0.4 is 0 Å². The summed E-state index contributed by atoms with van der Waals surface area (Å²) in [7, 11) is 0. The number of hydrogen-bond acceptors (Lipinski definition) is 4. The zero-order valence-electron chi connectivity index (χ0n) is 7.14. The van der Waals surface area contributed by atoms with Crippen LogP contribution in [0.25, 0.3) is 0 Å². The summed E-state index contributed by atoms with van der Waals surface area (Å²) in [5.41, 5.74) is 0. The smallest absolute Gasteiger partial charge is 0.134 e. The predicted octanol–water partition coefficient (Wildman–Crippen LogP) is 0.575. The fraction of sp³-hybridized carbons (Fsp3) is 0.625. The lowest BCUT2D eigenvalue weighted by Gasteiger charge is -2.06. The van der Waals surface area contributed by atoms with E-state index in [1.165, 1.54) is 12.7 Å². The van der Waals surface area contributed by atoms with Crippen molar-refractivity contribution in [2.75, 3.05) is 0 Å². The molecule has 0 aliphatic carbocycles. The van der Waals surface area contributed by atoms with Crippen LogP contribution >= 0.6 is 0 Å². The van der Waals surface area contributed by atoms with E-state index in [-0.39, 0.29) is 6.10 Å². The van der Waals surface area contributed by atoms with Crippen molar-refractivity contribution < 1.29 is 5.11 Å². The first-order chi connectivity index (χ1) is 5.83. The third-order valence-corrected chi connectivity index (χ3v) is 1.59. The largest absolute Gasteiger partial charge is 0.393 e. The maximum Gasteiger partial charge on any atom is 0.134 e. The molecule has 1 heterocycles. The lowest BCUT2D eigenvalue weighted by molar-refractivity contribution is 0.161. The Morgan fingerprint density at radius 3 is 2.67 bits per heavy atom. The van der Waals surface area contributed by atoms with Crippen molar-refractivity contribution >= 4 is 0 Å². The summed E-state index contributed by atoms with van der Waals surface area (Å²) in [6.45, 7) is 2.04. The van der Waals surface area contributed by atoms with Gasteiger partial charge in [0.15, 0.2) is 0 Å². The fourth-order valence-corrected chi connectivity index (χ4v) is 1.01. The molecule has 0 saturated carbocycles. The van der Waals surface area contributed by atoms with Gasteiger partial charge in [-0.15, -0.1) is 0 Å². The molecule has 4 heteroatoms. The number of aromatic nitrogens is 3. The molecule has 1 unspecified atom stereocenters. The van der Waals surface area contributed by atoms with E-state index in [1.807, 2.05) is 6.92 Å². The van der Waals surface area contributed by atoms with Gasteiger partial charge in [-0.1, -0.05) is 13.3 Å². The van der Waals surface area contributed by atoms with Gasteiger partial charge in [0.25, 0.3) is 0 Å². The van der Waals surface area contributed by atoms with E-state index in [4.69, 9.17) is 0 Å². The molecule has 0 radical (unpaired) electrons. The minimum absolute atomic E-state index is 0.322. The second-order valence-electron chi connectivity index (χ2n) is 2.70. The van der Waals surface area contributed by atoms with Gasteiger partial charge in [0.05, 0.1) is 6.10 Å². The Balaban J connectivity index is 2.41. The highest BCUT2D eigenvalue weighted by molar-refractivity contribution is 4.84. The van der Waals surface area contributed by atoms with Crippen LogP contribution in [-0.2, 0) is 6.42 Å². The Labute approximate surface area is 71.7 Å². The molecule has 1 aromatic rings. The number of hydrogen-bond donors (Lipinski definition) is 1. The van der Waals surface area contributed by atoms with Crippen molar-refractivity contribution in [3.8, 4) is 0 Å². The van der Waals surface area contributed by atoms with E-state index in [0.29, 0.717) is 12.2 Å². The van der Waals surface area contributed by atoms with E-state index in [0.717, 1.165) is 12.8 Å². The molecule has 66 valence electrons. The van der Waals surface area contributed by atoms with Crippen molar-refractivity contribution in [3.05, 3.63) is 18.5 Å². The molecule has 0 fully saturated rings. The van der Waals surface area contributed by atoms with Crippen LogP contribution in [0.15, 0.2) is 12.7 Å². The quantitative estimate of drug-likeness (QED) is 0.712. The van der Waals surface area contributed by atoms with Crippen molar-refractivity contribution in [1.29, 1.82) is 0 Å². The van der Waals surface area contributed by atoms with Crippen molar-refractivity contribution in [1.82, 2.24) is 15.0 Å². The van der Waals surface area contributed by atoms with Crippen LogP contribution in [0, 0.1) is 0 Å². The van der Waals surface area contributed by atoms with Crippen LogP contribution in [0.5, 0.6) is 0 Å². The summed E-state index contributed by atoms with van der Waals surface area (Å²) in [4.78, 5) is 11.5. The van der Waals surface area contributed by atoms with E-state index in [9.17, 15) is 5.11 Å². The van der Waals surface area contributed by atoms with E-state index in [2.05, 4.69) is 15.0 Å². The summed E-state index contributed by atoms with van der Waals surface area (Å²) >= 11 is 0. The molecule has 0 aliphatic heterocycles. The van der Waals surface area contributed by atoms with Gasteiger partial charge in [-0.3, -0.25) is 0 Å². The second-order valence-corrected chi connectivity index (χ2v) is 2.70. The zero-order chi connectivity index (χ0) is 8.81. The molecule has 0 saturated heterocycles. The van der Waals surface area contributed by atoms with Gasteiger partial charge < -0.3 is 5.11 Å². The Morgan fingerprint density at radius 2 is 2.08 bits per heavy atom. The minimum atomic E-state index is -0.322. The molecule has 0 bridgehead atoms. The van der Waals surface area contributed by atoms with Gasteiger partial charge in [-0.25, -0.2) is 15.0 Å². The molecule has 4 nitrogen and oxygen atoms in total. The zero-order valence-corrected chi connectivity index (χ0v) is 7.14. The number of nitrogens with zero attached hydrogens (tertiary/aromatic N) is 3. The van der Waals surface area contributed by atoms with Crippen LogP contribution in [0.2, 0.25) is 0 Å². The summed E-state index contributed by atoms with van der Waals surface area (Å²) in [5.74, 6) is 0.658. The van der Waals surface area contributed by atoms with Crippen molar-refractivity contribution in [2.24, 2.45) is 0 Å². The monoisotopic (exact) mass is 167 g/mol. The molecule has 1 rings (SSSR count). The molecule has 0 aromatic carbocycles. The summed E-state index contributed by atoms with van der Waals surface area (Å²) in [5, 5.41) is 9.40. The Bertz CT molecular complexity index is 215. The van der Waals surface area contributed by atoms with Gasteiger partial charge in [0.1, 0.15) is 18.5 Å². The topological polar surface area (TPSA) is 58.9 Å². The molecular weight excluding hydrogens is 154 g/mol. The summed E-state index contributed by atoms with van der Waals surface area (Å²) < 4.78 is 0.